The molecule has 0 atom stereocenters. The summed E-state index contributed by atoms with van der Waals surface area (Å²) in [6.07, 6.45) is 1.93. The molecule has 2 aromatic rings. The third kappa shape index (κ3) is 4.58. The number of carbonyl (C=O) groups excluding carboxylic acids is 1. The fourth-order valence-electron chi connectivity index (χ4n) is 5.55. The first-order valence-electron chi connectivity index (χ1n) is 12.1. The molecule has 33 heavy (non-hydrogen) atoms. The maximum absolute atomic E-state index is 13.5. The lowest BCUT2D eigenvalue weighted by molar-refractivity contribution is -0.120. The van der Waals surface area contributed by atoms with Gasteiger partial charge in [-0.15, -0.1) is 0 Å². The lowest BCUT2D eigenvalue weighted by Gasteiger charge is -2.35. The first-order valence-corrected chi connectivity index (χ1v) is 12.1. The van der Waals surface area contributed by atoms with Crippen molar-refractivity contribution in [2.24, 2.45) is 0 Å². The van der Waals surface area contributed by atoms with Crippen LogP contribution in [0.2, 0.25) is 0 Å². The smallest absolute Gasteiger partial charge is 0.241 e. The Morgan fingerprint density at radius 3 is 2.55 bits per heavy atom. The molecule has 0 aromatic heterocycles. The summed E-state index contributed by atoms with van der Waals surface area (Å²) in [5.74, 6) is 0.221. The second-order valence-corrected chi connectivity index (χ2v) is 9.82. The van der Waals surface area contributed by atoms with Crippen molar-refractivity contribution in [1.29, 1.82) is 0 Å². The van der Waals surface area contributed by atoms with Crippen LogP contribution in [-0.4, -0.2) is 82.3 Å². The topological polar surface area (TPSA) is 45.3 Å². The lowest BCUT2D eigenvalue weighted by Crippen LogP contribution is -2.49. The van der Waals surface area contributed by atoms with Crippen LogP contribution in [0.4, 0.5) is 5.69 Å². The van der Waals surface area contributed by atoms with Crippen LogP contribution in [0.15, 0.2) is 42.5 Å². The molecule has 0 saturated carbocycles. The van der Waals surface area contributed by atoms with E-state index in [1.807, 2.05) is 0 Å². The Labute approximate surface area is 197 Å². The van der Waals surface area contributed by atoms with Gasteiger partial charge in [0.05, 0.1) is 13.2 Å². The molecule has 0 aliphatic carbocycles. The van der Waals surface area contributed by atoms with Crippen LogP contribution in [0.1, 0.15) is 24.0 Å². The van der Waals surface area contributed by atoms with Crippen LogP contribution >= 0.6 is 0 Å². The number of hydrogen-bond donors (Lipinski definition) is 0. The lowest BCUT2D eigenvalue weighted by atomic mass is 9.75. The zero-order chi connectivity index (χ0) is 22.8. The average molecular weight is 450 g/mol. The Morgan fingerprint density at radius 2 is 1.79 bits per heavy atom. The number of benzene rings is 2. The molecule has 3 aliphatic heterocycles. The molecule has 2 aromatic carbocycles. The molecule has 0 bridgehead atoms. The molecule has 0 unspecified atom stereocenters. The summed E-state index contributed by atoms with van der Waals surface area (Å²) in [5.41, 5.74) is 5.95. The Balaban J connectivity index is 1.44. The number of hydrogen-bond acceptors (Lipinski definition) is 5. The van der Waals surface area contributed by atoms with Crippen molar-refractivity contribution in [3.63, 3.8) is 0 Å². The number of carbonyl (C=O) groups is 1. The van der Waals surface area contributed by atoms with E-state index >= 15 is 0 Å². The summed E-state index contributed by atoms with van der Waals surface area (Å²) in [7, 11) is 3.87. The van der Waals surface area contributed by atoms with E-state index in [0.717, 1.165) is 64.5 Å². The fraction of sp³-hybridized carbons (Fsp3) is 0.519. The number of methoxy groups -OCH3 is 1. The minimum atomic E-state index is -0.00842. The highest BCUT2D eigenvalue weighted by atomic mass is 16.5. The number of nitrogens with zero attached hydrogens (tertiary/aromatic N) is 3. The number of fused-ring (bicyclic) bond motifs is 2. The Morgan fingerprint density at radius 1 is 1.03 bits per heavy atom. The summed E-state index contributed by atoms with van der Waals surface area (Å²) < 4.78 is 11.1. The van der Waals surface area contributed by atoms with E-state index in [4.69, 9.17) is 9.47 Å². The fourth-order valence-corrected chi connectivity index (χ4v) is 5.55. The van der Waals surface area contributed by atoms with Crippen molar-refractivity contribution in [3.05, 3.63) is 53.6 Å². The molecule has 5 rings (SSSR count). The maximum atomic E-state index is 13.5. The van der Waals surface area contributed by atoms with E-state index < -0.39 is 0 Å². The van der Waals surface area contributed by atoms with Gasteiger partial charge in [-0.3, -0.25) is 9.69 Å². The highest BCUT2D eigenvalue weighted by Gasteiger charge is 2.45. The van der Waals surface area contributed by atoms with Gasteiger partial charge in [-0.1, -0.05) is 24.3 Å². The van der Waals surface area contributed by atoms with Gasteiger partial charge in [0, 0.05) is 64.1 Å². The molecule has 0 radical (unpaired) electrons. The summed E-state index contributed by atoms with van der Waals surface area (Å²) in [4.78, 5) is 20.2. The van der Waals surface area contributed by atoms with Crippen molar-refractivity contribution in [2.45, 2.75) is 24.9 Å². The van der Waals surface area contributed by atoms with E-state index in [-0.39, 0.29) is 11.3 Å². The molecule has 1 amide bonds. The molecular weight excluding hydrogens is 414 g/mol. The van der Waals surface area contributed by atoms with Gasteiger partial charge in [-0.05, 0) is 60.3 Å². The second kappa shape index (κ2) is 9.55. The van der Waals surface area contributed by atoms with Crippen LogP contribution in [0, 0.1) is 0 Å². The summed E-state index contributed by atoms with van der Waals surface area (Å²) in [6, 6.07) is 15.2. The van der Waals surface area contributed by atoms with Crippen molar-refractivity contribution < 1.29 is 14.3 Å². The predicted octanol–water partition coefficient (Wildman–Crippen LogP) is 3.14. The normalized spacial score (nSPS) is 20.8. The molecule has 3 aliphatic rings. The minimum absolute atomic E-state index is 0.00842. The van der Waals surface area contributed by atoms with Gasteiger partial charge in [0.2, 0.25) is 5.91 Å². The third-order valence-electron chi connectivity index (χ3n) is 7.60. The zero-order valence-electron chi connectivity index (χ0n) is 19.9. The van der Waals surface area contributed by atoms with E-state index in [2.05, 4.69) is 64.2 Å². The van der Waals surface area contributed by atoms with Gasteiger partial charge in [0.15, 0.2) is 0 Å². The first-order chi connectivity index (χ1) is 16.1. The van der Waals surface area contributed by atoms with E-state index in [1.54, 1.807) is 7.11 Å². The monoisotopic (exact) mass is 449 g/mol. The highest BCUT2D eigenvalue weighted by molar-refractivity contribution is 5.98. The molecule has 2 fully saturated rings. The molecule has 6 heteroatoms. The maximum Gasteiger partial charge on any atom is 0.241 e. The molecule has 2 saturated heterocycles. The molecule has 0 N–H and O–H groups in total. The number of ether oxygens (including phenoxy) is 2. The van der Waals surface area contributed by atoms with Crippen LogP contribution in [0.25, 0.3) is 11.1 Å². The summed E-state index contributed by atoms with van der Waals surface area (Å²) in [6.45, 7) is 7.35. The predicted molar refractivity (Wildman–Crippen MR) is 131 cm³/mol. The van der Waals surface area contributed by atoms with Crippen molar-refractivity contribution in [1.82, 2.24) is 9.80 Å². The second-order valence-electron chi connectivity index (χ2n) is 9.82. The van der Waals surface area contributed by atoms with Crippen molar-refractivity contribution in [2.75, 3.05) is 71.5 Å². The molecule has 1 spiro atoms. The number of likely N-dealkylation sites (N-methyl/N-ethyl adjacent to an activating group) is 1. The quantitative estimate of drug-likeness (QED) is 0.702. The Hall–Kier alpha value is -2.25. The van der Waals surface area contributed by atoms with Crippen LogP contribution in [-0.2, 0) is 26.3 Å². The van der Waals surface area contributed by atoms with Gasteiger partial charge in [-0.2, -0.15) is 0 Å². The van der Waals surface area contributed by atoms with Gasteiger partial charge < -0.3 is 19.3 Å². The van der Waals surface area contributed by atoms with E-state index in [1.165, 1.54) is 22.3 Å². The Kier molecular flexibility index (Phi) is 6.52. The summed E-state index contributed by atoms with van der Waals surface area (Å²) in [5, 5.41) is 0. The van der Waals surface area contributed by atoms with E-state index in [9.17, 15) is 4.79 Å². The standard InChI is InChI=1S/C27H35N3O3/c1-28-10-12-29(13-11-28)18-26(31)30-20-27(8-14-33-15-9-27)24-17-23(6-7-25(24)30)22-5-3-4-21(16-22)19-32-2/h3-7,16-17H,8-15,18-20H2,1-2H3. The van der Waals surface area contributed by atoms with Crippen molar-refractivity contribution in [3.8, 4) is 11.1 Å². The van der Waals surface area contributed by atoms with Gasteiger partial charge >= 0.3 is 0 Å². The van der Waals surface area contributed by atoms with Gasteiger partial charge in [-0.25, -0.2) is 0 Å². The third-order valence-corrected chi connectivity index (χ3v) is 7.60. The molecule has 3 heterocycles. The SMILES string of the molecule is COCc1cccc(-c2ccc3c(c2)C2(CCOCC2)CN3C(=O)CN2CCN(C)CC2)c1. The van der Waals surface area contributed by atoms with E-state index in [0.29, 0.717) is 13.2 Å². The number of amides is 1. The highest BCUT2D eigenvalue weighted by Crippen LogP contribution is 2.48. The van der Waals surface area contributed by atoms with Crippen LogP contribution < -0.4 is 4.90 Å². The van der Waals surface area contributed by atoms with Crippen LogP contribution in [0.5, 0.6) is 0 Å². The summed E-state index contributed by atoms with van der Waals surface area (Å²) >= 11 is 0. The van der Waals surface area contributed by atoms with Gasteiger partial charge in [0.25, 0.3) is 0 Å². The number of rotatable bonds is 5. The first kappa shape index (κ1) is 22.5. The minimum Gasteiger partial charge on any atom is -0.381 e. The zero-order valence-corrected chi connectivity index (χ0v) is 19.9. The van der Waals surface area contributed by atoms with Gasteiger partial charge in [0.1, 0.15) is 0 Å². The molecule has 176 valence electrons. The average Bonchev–Trinajstić information content (AvgIpc) is 3.14. The number of piperazine rings is 1. The van der Waals surface area contributed by atoms with Crippen LogP contribution in [0.3, 0.4) is 0 Å². The number of anilines is 1. The largest absolute Gasteiger partial charge is 0.381 e. The van der Waals surface area contributed by atoms with Crippen molar-refractivity contribution >= 4 is 11.6 Å². The Bertz CT molecular complexity index is 994. The molecular formula is C27H35N3O3. The molecule has 6 nitrogen and oxygen atoms in total.